The highest BCUT2D eigenvalue weighted by Gasteiger charge is 2.27. The van der Waals surface area contributed by atoms with E-state index in [-0.39, 0.29) is 5.91 Å². The molecule has 1 amide bonds. The molecule has 0 radical (unpaired) electrons. The van der Waals surface area contributed by atoms with Crippen LogP contribution in [0.15, 0.2) is 18.2 Å². The molecule has 1 fully saturated rings. The minimum atomic E-state index is -3.23. The maximum atomic E-state index is 12.0. The molecule has 1 aliphatic carbocycles. The van der Waals surface area contributed by atoms with Gasteiger partial charge >= 0.3 is 0 Å². The van der Waals surface area contributed by atoms with Crippen LogP contribution in [0.4, 0.5) is 5.69 Å². The lowest BCUT2D eigenvalue weighted by molar-refractivity contribution is 0.0951. The lowest BCUT2D eigenvalue weighted by Gasteiger charge is -2.16. The Morgan fingerprint density at radius 3 is 2.80 bits per heavy atom. The molecule has 6 heteroatoms. The van der Waals surface area contributed by atoms with E-state index in [1.807, 2.05) is 6.07 Å². The van der Waals surface area contributed by atoms with Crippen molar-refractivity contribution in [1.82, 2.24) is 5.32 Å². The van der Waals surface area contributed by atoms with Crippen LogP contribution in [0.25, 0.3) is 0 Å². The Morgan fingerprint density at radius 2 is 2.15 bits per heavy atom. The second-order valence-corrected chi connectivity index (χ2v) is 7.49. The number of carbonyl (C=O) groups is 1. The van der Waals surface area contributed by atoms with Crippen molar-refractivity contribution >= 4 is 21.6 Å². The Kier molecular flexibility index (Phi) is 3.20. The second-order valence-electron chi connectivity index (χ2n) is 5.58. The predicted octanol–water partition coefficient (Wildman–Crippen LogP) is 1.15. The van der Waals surface area contributed by atoms with Crippen LogP contribution in [0, 0.1) is 5.92 Å². The molecular formula is C14H18N2O3S. The standard InChI is InChI=1S/C14H18N2O3S/c1-20(18,19)16-7-6-11-8-12(4-5-13(11)16)14(17)15-9-10-2-3-10/h4-5,8,10H,2-3,6-7,9H2,1H3,(H,15,17). The van der Waals surface area contributed by atoms with E-state index >= 15 is 0 Å². The number of carbonyl (C=O) groups excluding carboxylic acids is 1. The maximum absolute atomic E-state index is 12.0. The van der Waals surface area contributed by atoms with Crippen LogP contribution in [-0.4, -0.2) is 33.7 Å². The van der Waals surface area contributed by atoms with Crippen LogP contribution in [0.2, 0.25) is 0 Å². The Hall–Kier alpha value is -1.56. The largest absolute Gasteiger partial charge is 0.352 e. The fraction of sp³-hybridized carbons (Fsp3) is 0.500. The summed E-state index contributed by atoms with van der Waals surface area (Å²) < 4.78 is 24.7. The van der Waals surface area contributed by atoms with Gasteiger partial charge in [-0.1, -0.05) is 0 Å². The Morgan fingerprint density at radius 1 is 1.40 bits per heavy atom. The smallest absolute Gasteiger partial charge is 0.251 e. The fourth-order valence-electron chi connectivity index (χ4n) is 2.52. The van der Waals surface area contributed by atoms with Crippen LogP contribution in [-0.2, 0) is 16.4 Å². The highest BCUT2D eigenvalue weighted by atomic mass is 32.2. The van der Waals surface area contributed by atoms with Gasteiger partial charge in [0.1, 0.15) is 0 Å². The van der Waals surface area contributed by atoms with Crippen molar-refractivity contribution in [2.24, 2.45) is 5.92 Å². The molecule has 108 valence electrons. The lowest BCUT2D eigenvalue weighted by atomic mass is 10.1. The average molecular weight is 294 g/mol. The number of rotatable bonds is 4. The summed E-state index contributed by atoms with van der Waals surface area (Å²) in [7, 11) is -3.23. The molecule has 0 atom stereocenters. The highest BCUT2D eigenvalue weighted by molar-refractivity contribution is 7.92. The molecule has 20 heavy (non-hydrogen) atoms. The van der Waals surface area contributed by atoms with Crippen molar-refractivity contribution in [3.8, 4) is 0 Å². The number of nitrogens with one attached hydrogen (secondary N) is 1. The Bertz CT molecular complexity index is 650. The number of fused-ring (bicyclic) bond motifs is 1. The zero-order valence-corrected chi connectivity index (χ0v) is 12.2. The molecule has 3 rings (SSSR count). The van der Waals surface area contributed by atoms with Crippen LogP contribution in [0.1, 0.15) is 28.8 Å². The lowest BCUT2D eigenvalue weighted by Crippen LogP contribution is -2.27. The van der Waals surface area contributed by atoms with Crippen molar-refractivity contribution in [2.45, 2.75) is 19.3 Å². The molecule has 0 spiro atoms. The molecule has 1 heterocycles. The molecule has 0 unspecified atom stereocenters. The van der Waals surface area contributed by atoms with Gasteiger partial charge in [-0.3, -0.25) is 9.10 Å². The molecular weight excluding hydrogens is 276 g/mol. The van der Waals surface area contributed by atoms with Crippen molar-refractivity contribution in [3.05, 3.63) is 29.3 Å². The number of amides is 1. The molecule has 1 aromatic rings. The number of benzene rings is 1. The SMILES string of the molecule is CS(=O)(=O)N1CCc2cc(C(=O)NCC3CC3)ccc21. The molecule has 1 N–H and O–H groups in total. The van der Waals surface area contributed by atoms with E-state index in [9.17, 15) is 13.2 Å². The van der Waals surface area contributed by atoms with E-state index in [2.05, 4.69) is 5.32 Å². The third kappa shape index (κ3) is 2.65. The van der Waals surface area contributed by atoms with E-state index in [4.69, 9.17) is 0 Å². The summed E-state index contributed by atoms with van der Waals surface area (Å²) in [6.07, 6.45) is 4.27. The van der Waals surface area contributed by atoms with Crippen LogP contribution >= 0.6 is 0 Å². The van der Waals surface area contributed by atoms with Crippen molar-refractivity contribution < 1.29 is 13.2 Å². The van der Waals surface area contributed by atoms with Crippen LogP contribution < -0.4 is 9.62 Å². The molecule has 1 aromatic carbocycles. The highest BCUT2D eigenvalue weighted by Crippen LogP contribution is 2.31. The summed E-state index contributed by atoms with van der Waals surface area (Å²) in [5.41, 5.74) is 2.24. The van der Waals surface area contributed by atoms with Gasteiger partial charge < -0.3 is 5.32 Å². The normalized spacial score (nSPS) is 17.9. The zero-order valence-electron chi connectivity index (χ0n) is 11.4. The molecule has 0 aromatic heterocycles. The van der Waals surface area contributed by atoms with Gasteiger partial charge in [-0.05, 0) is 48.9 Å². The minimum absolute atomic E-state index is 0.0718. The first-order valence-corrected chi connectivity index (χ1v) is 8.69. The third-order valence-electron chi connectivity index (χ3n) is 3.84. The van der Waals surface area contributed by atoms with Crippen LogP contribution in [0.5, 0.6) is 0 Å². The molecule has 2 aliphatic rings. The van der Waals surface area contributed by atoms with Crippen molar-refractivity contribution in [2.75, 3.05) is 23.7 Å². The van der Waals surface area contributed by atoms with Gasteiger partial charge in [-0.25, -0.2) is 8.42 Å². The molecule has 1 aliphatic heterocycles. The van der Waals surface area contributed by atoms with Gasteiger partial charge in [0.05, 0.1) is 11.9 Å². The topological polar surface area (TPSA) is 66.5 Å². The predicted molar refractivity (Wildman–Crippen MR) is 77.4 cm³/mol. The molecule has 5 nitrogen and oxygen atoms in total. The monoisotopic (exact) mass is 294 g/mol. The Balaban J connectivity index is 1.78. The number of hydrogen-bond donors (Lipinski definition) is 1. The fourth-order valence-corrected chi connectivity index (χ4v) is 3.48. The first-order valence-electron chi connectivity index (χ1n) is 6.84. The third-order valence-corrected chi connectivity index (χ3v) is 5.02. The number of anilines is 1. The van der Waals surface area contributed by atoms with Gasteiger partial charge in [-0.15, -0.1) is 0 Å². The summed E-state index contributed by atoms with van der Waals surface area (Å²) in [6.45, 7) is 1.20. The number of nitrogens with zero attached hydrogens (tertiary/aromatic N) is 1. The summed E-state index contributed by atoms with van der Waals surface area (Å²) in [6, 6.07) is 5.24. The van der Waals surface area contributed by atoms with Gasteiger partial charge in [0, 0.05) is 18.7 Å². The summed E-state index contributed by atoms with van der Waals surface area (Å²) >= 11 is 0. The average Bonchev–Trinajstić information content (AvgIpc) is 3.11. The van der Waals surface area contributed by atoms with Crippen LogP contribution in [0.3, 0.4) is 0 Å². The van der Waals surface area contributed by atoms with E-state index in [0.29, 0.717) is 30.1 Å². The minimum Gasteiger partial charge on any atom is -0.352 e. The molecule has 0 bridgehead atoms. The number of hydrogen-bond acceptors (Lipinski definition) is 3. The summed E-state index contributed by atoms with van der Waals surface area (Å²) in [4.78, 5) is 12.0. The first-order chi connectivity index (χ1) is 9.45. The number of sulfonamides is 1. The van der Waals surface area contributed by atoms with E-state index in [1.54, 1.807) is 12.1 Å². The Labute approximate surface area is 119 Å². The second kappa shape index (κ2) is 4.77. The first kappa shape index (κ1) is 13.4. The summed E-state index contributed by atoms with van der Waals surface area (Å²) in [5, 5.41) is 2.92. The van der Waals surface area contributed by atoms with Crippen molar-refractivity contribution in [3.63, 3.8) is 0 Å². The van der Waals surface area contributed by atoms with Gasteiger partial charge in [0.2, 0.25) is 10.0 Å². The summed E-state index contributed by atoms with van der Waals surface area (Å²) in [5.74, 6) is 0.576. The van der Waals surface area contributed by atoms with Gasteiger partial charge in [-0.2, -0.15) is 0 Å². The van der Waals surface area contributed by atoms with E-state index in [0.717, 1.165) is 12.1 Å². The molecule has 0 saturated heterocycles. The quantitative estimate of drug-likeness (QED) is 0.906. The maximum Gasteiger partial charge on any atom is 0.251 e. The van der Waals surface area contributed by atoms with Crippen molar-refractivity contribution in [1.29, 1.82) is 0 Å². The van der Waals surface area contributed by atoms with E-state index in [1.165, 1.54) is 23.4 Å². The molecule has 1 saturated carbocycles. The van der Waals surface area contributed by atoms with E-state index < -0.39 is 10.0 Å². The zero-order chi connectivity index (χ0) is 14.3. The van der Waals surface area contributed by atoms with Gasteiger partial charge in [0.15, 0.2) is 0 Å². The van der Waals surface area contributed by atoms with Gasteiger partial charge in [0.25, 0.3) is 5.91 Å².